The molecule has 2 aromatic heterocycles. The Labute approximate surface area is 200 Å². The Balaban J connectivity index is 1.26. The molecule has 3 aromatic carbocycles. The minimum absolute atomic E-state index is 0.157. The molecular formula is C26H23N5O2S. The smallest absolute Gasteiger partial charge is 0.251 e. The number of thioether (sulfide) groups is 1. The van der Waals surface area contributed by atoms with Crippen LogP contribution >= 0.6 is 11.8 Å². The summed E-state index contributed by atoms with van der Waals surface area (Å²) in [6.45, 7) is 0.622. The molecule has 0 saturated heterocycles. The molecule has 8 heteroatoms. The van der Waals surface area contributed by atoms with Crippen molar-refractivity contribution < 1.29 is 4.74 Å². The molecule has 0 amide bonds. The normalized spacial score (nSPS) is 11.1. The molecule has 2 heterocycles. The minimum Gasteiger partial charge on any atom is -0.497 e. The Kier molecular flexibility index (Phi) is 6.40. The highest BCUT2D eigenvalue weighted by atomic mass is 32.2. The molecule has 0 aliphatic carbocycles. The maximum absolute atomic E-state index is 12.3. The largest absolute Gasteiger partial charge is 0.497 e. The lowest BCUT2D eigenvalue weighted by molar-refractivity contribution is 0.414. The molecule has 0 unspecified atom stereocenters. The Hall–Kier alpha value is -3.91. The van der Waals surface area contributed by atoms with Gasteiger partial charge in [-0.25, -0.2) is 9.67 Å². The van der Waals surface area contributed by atoms with E-state index < -0.39 is 0 Å². The zero-order valence-corrected chi connectivity index (χ0v) is 19.5. The summed E-state index contributed by atoms with van der Waals surface area (Å²) in [6, 6.07) is 23.9. The van der Waals surface area contributed by atoms with Gasteiger partial charge in [0.15, 0.2) is 5.16 Å². The molecular weight excluding hydrogens is 446 g/mol. The van der Waals surface area contributed by atoms with Crippen LogP contribution in [0.2, 0.25) is 0 Å². The predicted octanol–water partition coefficient (Wildman–Crippen LogP) is 4.45. The SMILES string of the molecule is COc1ccc(Cn2cc(CSc3nc(Cc4cccc5ccccc45)cc(=O)[nH]3)nn2)cc1. The van der Waals surface area contributed by atoms with E-state index in [9.17, 15) is 4.79 Å². The molecule has 170 valence electrons. The van der Waals surface area contributed by atoms with Gasteiger partial charge in [0.2, 0.25) is 0 Å². The molecule has 5 rings (SSSR count). The number of rotatable bonds is 8. The molecule has 0 fully saturated rings. The van der Waals surface area contributed by atoms with Crippen LogP contribution in [-0.2, 0) is 18.7 Å². The lowest BCUT2D eigenvalue weighted by Gasteiger charge is -2.07. The van der Waals surface area contributed by atoms with E-state index in [-0.39, 0.29) is 5.56 Å². The fraction of sp³-hybridized carbons (Fsp3) is 0.154. The molecule has 1 N–H and O–H groups in total. The standard InChI is InChI=1S/C26H23N5O2S/c1-33-23-11-9-18(10-12-23)15-31-16-22(29-30-31)17-34-26-27-21(14-25(32)28-26)13-20-7-4-6-19-5-2-3-8-24(19)20/h2-12,14,16H,13,15,17H2,1H3,(H,27,28,32). The van der Waals surface area contributed by atoms with Crippen LogP contribution in [0.4, 0.5) is 0 Å². The molecule has 0 bridgehead atoms. The van der Waals surface area contributed by atoms with Crippen LogP contribution < -0.4 is 10.3 Å². The molecule has 34 heavy (non-hydrogen) atoms. The molecule has 0 aliphatic rings. The van der Waals surface area contributed by atoms with Crippen LogP contribution in [0.25, 0.3) is 10.8 Å². The molecule has 0 atom stereocenters. The fourth-order valence-electron chi connectivity index (χ4n) is 3.83. The molecule has 0 saturated carbocycles. The first-order valence-corrected chi connectivity index (χ1v) is 11.9. The third-order valence-electron chi connectivity index (χ3n) is 5.47. The van der Waals surface area contributed by atoms with Gasteiger partial charge in [-0.1, -0.05) is 71.6 Å². The summed E-state index contributed by atoms with van der Waals surface area (Å²) in [4.78, 5) is 19.8. The zero-order chi connectivity index (χ0) is 23.3. The van der Waals surface area contributed by atoms with Gasteiger partial charge in [-0.2, -0.15) is 0 Å². The van der Waals surface area contributed by atoms with Gasteiger partial charge in [-0.15, -0.1) is 5.10 Å². The van der Waals surface area contributed by atoms with Gasteiger partial charge < -0.3 is 9.72 Å². The van der Waals surface area contributed by atoms with Crippen molar-refractivity contribution in [3.8, 4) is 5.75 Å². The zero-order valence-electron chi connectivity index (χ0n) is 18.6. The predicted molar refractivity (Wildman–Crippen MR) is 133 cm³/mol. The van der Waals surface area contributed by atoms with E-state index in [0.717, 1.165) is 28.3 Å². The van der Waals surface area contributed by atoms with E-state index in [1.165, 1.54) is 22.5 Å². The van der Waals surface area contributed by atoms with Gasteiger partial charge in [0.25, 0.3) is 5.56 Å². The van der Waals surface area contributed by atoms with Crippen molar-refractivity contribution in [3.05, 3.63) is 112 Å². The van der Waals surface area contributed by atoms with E-state index in [1.807, 2.05) is 48.7 Å². The van der Waals surface area contributed by atoms with Crippen molar-refractivity contribution in [2.75, 3.05) is 7.11 Å². The summed E-state index contributed by atoms with van der Waals surface area (Å²) < 4.78 is 6.99. The first-order chi connectivity index (χ1) is 16.7. The van der Waals surface area contributed by atoms with Gasteiger partial charge in [-0.05, 0) is 34.0 Å². The second-order valence-electron chi connectivity index (χ2n) is 7.90. The summed E-state index contributed by atoms with van der Waals surface area (Å²) in [5.74, 6) is 1.38. The summed E-state index contributed by atoms with van der Waals surface area (Å²) >= 11 is 1.44. The number of hydrogen-bond donors (Lipinski definition) is 1. The summed E-state index contributed by atoms with van der Waals surface area (Å²) in [5.41, 5.74) is 3.66. The van der Waals surface area contributed by atoms with Crippen LogP contribution in [-0.4, -0.2) is 32.1 Å². The Morgan fingerprint density at radius 2 is 1.82 bits per heavy atom. The Morgan fingerprint density at radius 1 is 1.00 bits per heavy atom. The van der Waals surface area contributed by atoms with E-state index in [1.54, 1.807) is 17.9 Å². The molecule has 0 radical (unpaired) electrons. The van der Waals surface area contributed by atoms with Gasteiger partial charge in [-0.3, -0.25) is 4.79 Å². The molecule has 0 aliphatic heterocycles. The fourth-order valence-corrected chi connectivity index (χ4v) is 4.60. The summed E-state index contributed by atoms with van der Waals surface area (Å²) in [5, 5.41) is 11.4. The number of hydrogen-bond acceptors (Lipinski definition) is 6. The maximum Gasteiger partial charge on any atom is 0.251 e. The first-order valence-electron chi connectivity index (χ1n) is 10.9. The number of nitrogens with zero attached hydrogens (tertiary/aromatic N) is 4. The monoisotopic (exact) mass is 469 g/mol. The highest BCUT2D eigenvalue weighted by Crippen LogP contribution is 2.22. The summed E-state index contributed by atoms with van der Waals surface area (Å²) in [7, 11) is 1.65. The maximum atomic E-state index is 12.3. The first kappa shape index (κ1) is 21.9. The highest BCUT2D eigenvalue weighted by Gasteiger charge is 2.09. The van der Waals surface area contributed by atoms with Crippen LogP contribution in [0.3, 0.4) is 0 Å². The Morgan fingerprint density at radius 3 is 2.68 bits per heavy atom. The van der Waals surface area contributed by atoms with Crippen molar-refractivity contribution in [1.82, 2.24) is 25.0 Å². The van der Waals surface area contributed by atoms with Crippen LogP contribution in [0.15, 0.2) is 88.9 Å². The second-order valence-corrected chi connectivity index (χ2v) is 8.87. The van der Waals surface area contributed by atoms with Gasteiger partial charge in [0, 0.05) is 24.4 Å². The van der Waals surface area contributed by atoms with Crippen molar-refractivity contribution in [2.24, 2.45) is 0 Å². The minimum atomic E-state index is -0.157. The number of methoxy groups -OCH3 is 1. The molecule has 0 spiro atoms. The van der Waals surface area contributed by atoms with Crippen molar-refractivity contribution in [1.29, 1.82) is 0 Å². The average molecular weight is 470 g/mol. The van der Waals surface area contributed by atoms with E-state index in [2.05, 4.69) is 44.5 Å². The van der Waals surface area contributed by atoms with Crippen LogP contribution in [0, 0.1) is 0 Å². The number of aromatic amines is 1. The third kappa shape index (κ3) is 5.18. The van der Waals surface area contributed by atoms with E-state index in [4.69, 9.17) is 4.74 Å². The number of H-pyrrole nitrogens is 1. The van der Waals surface area contributed by atoms with Crippen molar-refractivity contribution in [3.63, 3.8) is 0 Å². The van der Waals surface area contributed by atoms with Gasteiger partial charge in [0.05, 0.1) is 25.0 Å². The average Bonchev–Trinajstić information content (AvgIpc) is 3.30. The number of fused-ring (bicyclic) bond motifs is 1. The lowest BCUT2D eigenvalue weighted by atomic mass is 10.0. The number of benzene rings is 3. The van der Waals surface area contributed by atoms with E-state index >= 15 is 0 Å². The van der Waals surface area contributed by atoms with Crippen LogP contribution in [0.5, 0.6) is 5.75 Å². The second kappa shape index (κ2) is 9.93. The number of nitrogens with one attached hydrogen (secondary N) is 1. The van der Waals surface area contributed by atoms with Crippen molar-refractivity contribution in [2.45, 2.75) is 23.9 Å². The van der Waals surface area contributed by atoms with E-state index in [0.29, 0.717) is 23.9 Å². The molecule has 7 nitrogen and oxygen atoms in total. The quantitative estimate of drug-likeness (QED) is 0.267. The van der Waals surface area contributed by atoms with Crippen molar-refractivity contribution >= 4 is 22.5 Å². The molecule has 5 aromatic rings. The third-order valence-corrected chi connectivity index (χ3v) is 6.38. The van der Waals surface area contributed by atoms with Gasteiger partial charge >= 0.3 is 0 Å². The topological polar surface area (TPSA) is 85.7 Å². The summed E-state index contributed by atoms with van der Waals surface area (Å²) in [6.07, 6.45) is 2.51. The van der Waals surface area contributed by atoms with Gasteiger partial charge in [0.1, 0.15) is 5.75 Å². The lowest BCUT2D eigenvalue weighted by Crippen LogP contribution is -2.10. The highest BCUT2D eigenvalue weighted by molar-refractivity contribution is 7.98. The Bertz CT molecular complexity index is 1470. The van der Waals surface area contributed by atoms with Crippen LogP contribution in [0.1, 0.15) is 22.5 Å². The number of ether oxygens (including phenoxy) is 1. The number of aromatic nitrogens is 5.